The number of carbonyl (C=O) groups excluding carboxylic acids is 2. The molecular weight excluding hydrogens is 456 g/mol. The van der Waals surface area contributed by atoms with Crippen molar-refractivity contribution in [3.63, 3.8) is 0 Å². The highest BCUT2D eigenvalue weighted by Gasteiger charge is 2.57. The summed E-state index contributed by atoms with van der Waals surface area (Å²) in [6, 6.07) is 22.5. The van der Waals surface area contributed by atoms with E-state index in [-0.39, 0.29) is 5.97 Å². The van der Waals surface area contributed by atoms with Crippen LogP contribution in [0.3, 0.4) is 0 Å². The Balaban J connectivity index is 1.62. The molecule has 3 heterocycles. The summed E-state index contributed by atoms with van der Waals surface area (Å²) in [4.78, 5) is 30.8. The lowest BCUT2D eigenvalue weighted by Crippen LogP contribution is -2.52. The van der Waals surface area contributed by atoms with Crippen molar-refractivity contribution in [2.45, 2.75) is 44.8 Å². The maximum atomic E-state index is 13.3. The average Bonchev–Trinajstić information content (AvgIpc) is 3.25. The standard InChI is InChI=1S/C29H28N2O5/c1-28(2,3)36-27(33)31-23-15-14-20(34-5)16-18(23)17-24(31)21-12-9-13-22(30-21)25-29(4,26(32)35-25)19-10-7-6-8-11-19/h6-17,25H,1-5H3/t25-,29+/m1/s1. The van der Waals surface area contributed by atoms with Gasteiger partial charge in [0.1, 0.15) is 16.8 Å². The van der Waals surface area contributed by atoms with Gasteiger partial charge in [-0.25, -0.2) is 14.3 Å². The quantitative estimate of drug-likeness (QED) is 0.328. The molecule has 5 rings (SSSR count). The molecule has 0 radical (unpaired) electrons. The van der Waals surface area contributed by atoms with Crippen LogP contribution in [-0.2, 0) is 19.7 Å². The number of hydrogen-bond acceptors (Lipinski definition) is 6. The Bertz CT molecular complexity index is 1470. The molecule has 7 heteroatoms. The first-order valence-electron chi connectivity index (χ1n) is 11.8. The third-order valence-corrected chi connectivity index (χ3v) is 6.43. The third kappa shape index (κ3) is 3.90. The maximum Gasteiger partial charge on any atom is 0.419 e. The molecule has 0 unspecified atom stereocenters. The van der Waals surface area contributed by atoms with Crippen LogP contribution in [0.5, 0.6) is 5.75 Å². The van der Waals surface area contributed by atoms with Crippen molar-refractivity contribution < 1.29 is 23.8 Å². The summed E-state index contributed by atoms with van der Waals surface area (Å²) in [5.74, 6) is 0.387. The second-order valence-corrected chi connectivity index (χ2v) is 10.1. The zero-order chi connectivity index (χ0) is 25.7. The molecule has 36 heavy (non-hydrogen) atoms. The summed E-state index contributed by atoms with van der Waals surface area (Å²) < 4.78 is 18.2. The first-order valence-corrected chi connectivity index (χ1v) is 11.8. The fraction of sp³-hybridized carbons (Fsp3) is 0.276. The van der Waals surface area contributed by atoms with Gasteiger partial charge in [-0.1, -0.05) is 36.4 Å². The van der Waals surface area contributed by atoms with Gasteiger partial charge in [0.15, 0.2) is 6.10 Å². The topological polar surface area (TPSA) is 79.7 Å². The second-order valence-electron chi connectivity index (χ2n) is 10.1. The van der Waals surface area contributed by atoms with Crippen molar-refractivity contribution in [3.05, 3.63) is 84.1 Å². The molecule has 2 atom stereocenters. The largest absolute Gasteiger partial charge is 0.497 e. The SMILES string of the molecule is COc1ccc2c(c1)cc(-c1cccc([C@H]3OC(=O)[C@@]3(C)c3ccccc3)n1)n2C(=O)OC(C)(C)C. The van der Waals surface area contributed by atoms with Gasteiger partial charge in [0.25, 0.3) is 0 Å². The monoisotopic (exact) mass is 484 g/mol. The molecule has 0 amide bonds. The molecule has 7 nitrogen and oxygen atoms in total. The van der Waals surface area contributed by atoms with Gasteiger partial charge in [-0.15, -0.1) is 0 Å². The number of fused-ring (bicyclic) bond motifs is 1. The minimum Gasteiger partial charge on any atom is -0.497 e. The lowest BCUT2D eigenvalue weighted by atomic mass is 9.72. The smallest absolute Gasteiger partial charge is 0.419 e. The van der Waals surface area contributed by atoms with E-state index in [1.165, 1.54) is 4.57 Å². The normalized spacial score (nSPS) is 19.5. The highest BCUT2D eigenvalue weighted by Crippen LogP contribution is 2.49. The summed E-state index contributed by atoms with van der Waals surface area (Å²) in [6.45, 7) is 7.35. The molecule has 1 fully saturated rings. The Hall–Kier alpha value is -4.13. The molecule has 4 aromatic rings. The zero-order valence-electron chi connectivity index (χ0n) is 20.9. The molecule has 2 aromatic heterocycles. The number of methoxy groups -OCH3 is 1. The zero-order valence-corrected chi connectivity index (χ0v) is 20.9. The van der Waals surface area contributed by atoms with Gasteiger partial charge in [-0.3, -0.25) is 4.79 Å². The van der Waals surface area contributed by atoms with Crippen LogP contribution in [0.25, 0.3) is 22.3 Å². The van der Waals surface area contributed by atoms with Crippen LogP contribution < -0.4 is 4.74 Å². The summed E-state index contributed by atoms with van der Waals surface area (Å²) in [5, 5.41) is 0.812. The van der Waals surface area contributed by atoms with E-state index in [9.17, 15) is 9.59 Å². The van der Waals surface area contributed by atoms with E-state index in [4.69, 9.17) is 19.2 Å². The number of aromatic nitrogens is 2. The number of ether oxygens (including phenoxy) is 3. The van der Waals surface area contributed by atoms with E-state index < -0.39 is 23.2 Å². The first-order chi connectivity index (χ1) is 17.1. The van der Waals surface area contributed by atoms with Crippen molar-refractivity contribution in [1.29, 1.82) is 0 Å². The van der Waals surface area contributed by atoms with Crippen LogP contribution in [0.4, 0.5) is 4.79 Å². The maximum absolute atomic E-state index is 13.3. The summed E-state index contributed by atoms with van der Waals surface area (Å²) in [5.41, 5.74) is 1.76. The number of cyclic esters (lactones) is 1. The van der Waals surface area contributed by atoms with E-state index in [1.54, 1.807) is 13.2 Å². The van der Waals surface area contributed by atoms with E-state index in [0.717, 1.165) is 10.9 Å². The lowest BCUT2D eigenvalue weighted by Gasteiger charge is -2.44. The number of carbonyl (C=O) groups is 2. The van der Waals surface area contributed by atoms with Crippen molar-refractivity contribution in [2.24, 2.45) is 0 Å². The van der Waals surface area contributed by atoms with Crippen molar-refractivity contribution >= 4 is 23.0 Å². The molecule has 0 bridgehead atoms. The van der Waals surface area contributed by atoms with Gasteiger partial charge in [0.05, 0.1) is 29.7 Å². The van der Waals surface area contributed by atoms with Gasteiger partial charge in [0.2, 0.25) is 0 Å². The minimum absolute atomic E-state index is 0.291. The molecule has 2 aromatic carbocycles. The molecular formula is C29H28N2O5. The van der Waals surface area contributed by atoms with E-state index >= 15 is 0 Å². The predicted molar refractivity (Wildman–Crippen MR) is 136 cm³/mol. The first kappa shape index (κ1) is 23.6. The van der Waals surface area contributed by atoms with Gasteiger partial charge < -0.3 is 14.2 Å². The van der Waals surface area contributed by atoms with E-state index in [0.29, 0.717) is 28.3 Å². The van der Waals surface area contributed by atoms with Crippen LogP contribution in [0.1, 0.15) is 45.1 Å². The fourth-order valence-corrected chi connectivity index (χ4v) is 4.56. The van der Waals surface area contributed by atoms with Gasteiger partial charge in [-0.05, 0) is 69.7 Å². The number of esters is 1. The highest BCUT2D eigenvalue weighted by atomic mass is 16.6. The van der Waals surface area contributed by atoms with Crippen LogP contribution >= 0.6 is 0 Å². The van der Waals surface area contributed by atoms with Crippen LogP contribution in [0.2, 0.25) is 0 Å². The van der Waals surface area contributed by atoms with Gasteiger partial charge in [-0.2, -0.15) is 0 Å². The molecule has 0 saturated carbocycles. The number of hydrogen-bond donors (Lipinski definition) is 0. The Morgan fingerprint density at radius 3 is 2.44 bits per heavy atom. The Morgan fingerprint density at radius 1 is 1.03 bits per heavy atom. The summed E-state index contributed by atoms with van der Waals surface area (Å²) in [6.07, 6.45) is -1.05. The minimum atomic E-state index is -0.849. The van der Waals surface area contributed by atoms with Crippen LogP contribution in [0.15, 0.2) is 72.8 Å². The lowest BCUT2D eigenvalue weighted by molar-refractivity contribution is -0.191. The predicted octanol–water partition coefficient (Wildman–Crippen LogP) is 6.05. The average molecular weight is 485 g/mol. The molecule has 1 aliphatic rings. The molecule has 1 aliphatic heterocycles. The van der Waals surface area contributed by atoms with Gasteiger partial charge in [0, 0.05) is 5.39 Å². The summed E-state index contributed by atoms with van der Waals surface area (Å²) >= 11 is 0. The molecule has 1 saturated heterocycles. The highest BCUT2D eigenvalue weighted by molar-refractivity contribution is 5.96. The Kier molecular flexibility index (Phi) is 5.58. The fourth-order valence-electron chi connectivity index (χ4n) is 4.56. The molecule has 0 N–H and O–H groups in total. The Morgan fingerprint density at radius 2 is 1.78 bits per heavy atom. The van der Waals surface area contributed by atoms with Crippen LogP contribution in [-0.4, -0.2) is 34.3 Å². The van der Waals surface area contributed by atoms with E-state index in [2.05, 4.69) is 0 Å². The number of benzene rings is 2. The summed E-state index contributed by atoms with van der Waals surface area (Å²) in [7, 11) is 1.60. The van der Waals surface area contributed by atoms with Crippen molar-refractivity contribution in [1.82, 2.24) is 9.55 Å². The van der Waals surface area contributed by atoms with E-state index in [1.807, 2.05) is 94.4 Å². The van der Waals surface area contributed by atoms with Gasteiger partial charge >= 0.3 is 12.1 Å². The molecule has 0 aliphatic carbocycles. The Labute approximate surface area is 209 Å². The number of rotatable bonds is 4. The van der Waals surface area contributed by atoms with Crippen molar-refractivity contribution in [2.75, 3.05) is 7.11 Å². The second kappa shape index (κ2) is 8.52. The third-order valence-electron chi connectivity index (χ3n) is 6.43. The van der Waals surface area contributed by atoms with Crippen LogP contribution in [0, 0.1) is 0 Å². The number of pyridine rings is 1. The molecule has 184 valence electrons. The molecule has 0 spiro atoms. The number of nitrogens with zero attached hydrogens (tertiary/aromatic N) is 2. The van der Waals surface area contributed by atoms with Crippen molar-refractivity contribution in [3.8, 4) is 17.1 Å².